The Kier molecular flexibility index (Phi) is 10.7. The first-order chi connectivity index (χ1) is 19.0. The summed E-state index contributed by atoms with van der Waals surface area (Å²) in [6.45, 7) is 6.12. The van der Waals surface area contributed by atoms with Crippen LogP contribution in [0.1, 0.15) is 30.5 Å². The van der Waals surface area contributed by atoms with Crippen molar-refractivity contribution in [1.29, 1.82) is 0 Å². The largest absolute Gasteiger partial charge is 0.497 e. The van der Waals surface area contributed by atoms with Gasteiger partial charge in [-0.25, -0.2) is 8.42 Å². The van der Waals surface area contributed by atoms with Gasteiger partial charge in [0, 0.05) is 19.5 Å². The number of hydrogen-bond acceptors (Lipinski definition) is 5. The van der Waals surface area contributed by atoms with Crippen molar-refractivity contribution < 1.29 is 22.7 Å². The van der Waals surface area contributed by atoms with E-state index in [2.05, 4.69) is 5.32 Å². The number of carbonyl (C=O) groups is 2. The van der Waals surface area contributed by atoms with Gasteiger partial charge in [-0.15, -0.1) is 0 Å². The minimum Gasteiger partial charge on any atom is -0.497 e. The first kappa shape index (κ1) is 30.7. The topological polar surface area (TPSA) is 96.0 Å². The van der Waals surface area contributed by atoms with Crippen molar-refractivity contribution in [1.82, 2.24) is 10.2 Å². The Hall–Kier alpha value is -3.85. The third-order valence-electron chi connectivity index (χ3n) is 6.47. The zero-order valence-electron chi connectivity index (χ0n) is 23.8. The lowest BCUT2D eigenvalue weighted by Crippen LogP contribution is -2.53. The maximum atomic E-state index is 14.1. The molecule has 0 aromatic heterocycles. The molecule has 0 heterocycles. The number of hydrogen-bond donors (Lipinski definition) is 1. The molecule has 3 aromatic rings. The normalized spacial score (nSPS) is 12.1. The summed E-state index contributed by atoms with van der Waals surface area (Å²) < 4.78 is 32.0. The van der Waals surface area contributed by atoms with Crippen molar-refractivity contribution in [3.8, 4) is 5.75 Å². The van der Waals surface area contributed by atoms with E-state index >= 15 is 0 Å². The molecule has 3 aromatic carbocycles. The summed E-state index contributed by atoms with van der Waals surface area (Å²) in [5.41, 5.74) is 3.13. The molecule has 0 saturated heterocycles. The van der Waals surface area contributed by atoms with Crippen LogP contribution in [0.5, 0.6) is 5.75 Å². The molecule has 40 heavy (non-hydrogen) atoms. The molecule has 9 heteroatoms. The maximum Gasteiger partial charge on any atom is 0.244 e. The fourth-order valence-corrected chi connectivity index (χ4v) is 5.08. The van der Waals surface area contributed by atoms with E-state index in [1.165, 1.54) is 12.0 Å². The molecule has 1 atom stereocenters. The van der Waals surface area contributed by atoms with E-state index in [1.807, 2.05) is 75.4 Å². The molecule has 214 valence electrons. The summed E-state index contributed by atoms with van der Waals surface area (Å²) in [6, 6.07) is 22.8. The first-order valence-corrected chi connectivity index (χ1v) is 15.1. The Bertz CT molecular complexity index is 1360. The standard InChI is InChI=1S/C31H39N3O5S/c1-23(2)20-32-31(36)29(19-25-9-7-6-8-10-25)33(21-26-13-11-24(3)12-14-26)30(35)22-34(40(5,37)38)27-15-17-28(39-4)18-16-27/h6-18,23,29H,19-22H2,1-5H3,(H,32,36). The van der Waals surface area contributed by atoms with Gasteiger partial charge in [0.2, 0.25) is 21.8 Å². The number of nitrogens with zero attached hydrogens (tertiary/aromatic N) is 2. The number of aryl methyl sites for hydroxylation is 1. The number of methoxy groups -OCH3 is 1. The molecule has 0 fully saturated rings. The predicted octanol–water partition coefficient (Wildman–Crippen LogP) is 4.18. The summed E-state index contributed by atoms with van der Waals surface area (Å²) in [7, 11) is -2.31. The zero-order valence-corrected chi connectivity index (χ0v) is 24.6. The molecular formula is C31H39N3O5S. The molecular weight excluding hydrogens is 526 g/mol. The number of carbonyl (C=O) groups excluding carboxylic acids is 2. The van der Waals surface area contributed by atoms with Crippen LogP contribution in [0.4, 0.5) is 5.69 Å². The molecule has 1 unspecified atom stereocenters. The second-order valence-corrected chi connectivity index (χ2v) is 12.2. The van der Waals surface area contributed by atoms with Crippen LogP contribution in [0.15, 0.2) is 78.9 Å². The van der Waals surface area contributed by atoms with E-state index in [9.17, 15) is 18.0 Å². The Balaban J connectivity index is 2.03. The van der Waals surface area contributed by atoms with Gasteiger partial charge in [0.05, 0.1) is 19.1 Å². The molecule has 0 aliphatic carbocycles. The molecule has 8 nitrogen and oxygen atoms in total. The number of ether oxygens (including phenoxy) is 1. The van der Waals surface area contributed by atoms with E-state index in [-0.39, 0.29) is 24.8 Å². The van der Waals surface area contributed by atoms with Gasteiger partial charge >= 0.3 is 0 Å². The fourth-order valence-electron chi connectivity index (χ4n) is 4.23. The van der Waals surface area contributed by atoms with Gasteiger partial charge in [-0.1, -0.05) is 74.0 Å². The van der Waals surface area contributed by atoms with Crippen molar-refractivity contribution in [3.63, 3.8) is 0 Å². The minimum absolute atomic E-state index is 0.145. The van der Waals surface area contributed by atoms with Gasteiger partial charge < -0.3 is 15.0 Å². The number of amides is 2. The Morgan fingerprint density at radius 1 is 0.900 bits per heavy atom. The number of nitrogens with one attached hydrogen (secondary N) is 1. The average molecular weight is 566 g/mol. The summed E-state index contributed by atoms with van der Waals surface area (Å²) in [6.07, 6.45) is 1.34. The van der Waals surface area contributed by atoms with E-state index in [0.29, 0.717) is 18.0 Å². The highest BCUT2D eigenvalue weighted by Gasteiger charge is 2.33. The van der Waals surface area contributed by atoms with Crippen molar-refractivity contribution >= 4 is 27.5 Å². The minimum atomic E-state index is -3.83. The van der Waals surface area contributed by atoms with Crippen molar-refractivity contribution in [3.05, 3.63) is 95.6 Å². The smallest absolute Gasteiger partial charge is 0.244 e. The predicted molar refractivity (Wildman–Crippen MR) is 159 cm³/mol. The summed E-state index contributed by atoms with van der Waals surface area (Å²) in [5.74, 6) is 0.0171. The zero-order chi connectivity index (χ0) is 29.3. The second-order valence-electron chi connectivity index (χ2n) is 10.3. The van der Waals surface area contributed by atoms with Crippen LogP contribution >= 0.6 is 0 Å². The van der Waals surface area contributed by atoms with Crippen LogP contribution in [0.2, 0.25) is 0 Å². The van der Waals surface area contributed by atoms with Crippen LogP contribution in [0.3, 0.4) is 0 Å². The lowest BCUT2D eigenvalue weighted by molar-refractivity contribution is -0.140. The lowest BCUT2D eigenvalue weighted by atomic mass is 10.0. The van der Waals surface area contributed by atoms with Crippen molar-refractivity contribution in [2.24, 2.45) is 5.92 Å². The maximum absolute atomic E-state index is 14.1. The molecule has 0 aliphatic heterocycles. The third-order valence-corrected chi connectivity index (χ3v) is 7.61. The lowest BCUT2D eigenvalue weighted by Gasteiger charge is -2.33. The van der Waals surface area contributed by atoms with Gasteiger partial charge in [0.1, 0.15) is 18.3 Å². The molecule has 0 saturated carbocycles. The van der Waals surface area contributed by atoms with Crippen LogP contribution in [0, 0.1) is 12.8 Å². The Labute approximate surface area is 238 Å². The van der Waals surface area contributed by atoms with Gasteiger partial charge in [-0.3, -0.25) is 13.9 Å². The van der Waals surface area contributed by atoms with Gasteiger partial charge in [0.15, 0.2) is 0 Å². The molecule has 0 spiro atoms. The Morgan fingerprint density at radius 2 is 1.52 bits per heavy atom. The average Bonchev–Trinajstić information content (AvgIpc) is 2.93. The number of sulfonamides is 1. The molecule has 1 N–H and O–H groups in total. The van der Waals surface area contributed by atoms with Crippen LogP contribution in [-0.2, 0) is 32.6 Å². The highest BCUT2D eigenvalue weighted by molar-refractivity contribution is 7.92. The Morgan fingerprint density at radius 3 is 2.08 bits per heavy atom. The summed E-state index contributed by atoms with van der Waals surface area (Å²) in [5, 5.41) is 2.98. The van der Waals surface area contributed by atoms with Gasteiger partial charge in [0.25, 0.3) is 0 Å². The van der Waals surface area contributed by atoms with Gasteiger partial charge in [-0.2, -0.15) is 0 Å². The van der Waals surface area contributed by atoms with Crippen LogP contribution in [0.25, 0.3) is 0 Å². The number of anilines is 1. The van der Waals surface area contributed by atoms with E-state index in [0.717, 1.165) is 27.3 Å². The monoisotopic (exact) mass is 565 g/mol. The molecule has 0 aliphatic rings. The van der Waals surface area contributed by atoms with Crippen LogP contribution < -0.4 is 14.4 Å². The molecule has 2 amide bonds. The van der Waals surface area contributed by atoms with Crippen molar-refractivity contribution in [2.75, 3.05) is 30.8 Å². The number of benzene rings is 3. The molecule has 0 bridgehead atoms. The fraction of sp³-hybridized carbons (Fsp3) is 0.355. The van der Waals surface area contributed by atoms with Crippen LogP contribution in [-0.4, -0.2) is 57.6 Å². The SMILES string of the molecule is COc1ccc(N(CC(=O)N(Cc2ccc(C)cc2)C(Cc2ccccc2)C(=O)NCC(C)C)S(C)(=O)=O)cc1. The second kappa shape index (κ2) is 14.0. The van der Waals surface area contributed by atoms with E-state index < -0.39 is 28.5 Å². The highest BCUT2D eigenvalue weighted by atomic mass is 32.2. The van der Waals surface area contributed by atoms with E-state index in [1.54, 1.807) is 24.3 Å². The molecule has 0 radical (unpaired) electrons. The highest BCUT2D eigenvalue weighted by Crippen LogP contribution is 2.23. The quantitative estimate of drug-likeness (QED) is 0.336. The van der Waals surface area contributed by atoms with Crippen molar-refractivity contribution in [2.45, 2.75) is 39.8 Å². The number of rotatable bonds is 13. The summed E-state index contributed by atoms with van der Waals surface area (Å²) >= 11 is 0. The van der Waals surface area contributed by atoms with E-state index in [4.69, 9.17) is 4.74 Å². The molecule has 3 rings (SSSR count). The first-order valence-electron chi connectivity index (χ1n) is 13.3. The van der Waals surface area contributed by atoms with Gasteiger partial charge in [-0.05, 0) is 48.2 Å². The third kappa shape index (κ3) is 8.84. The summed E-state index contributed by atoms with van der Waals surface area (Å²) in [4.78, 5) is 29.2.